The second kappa shape index (κ2) is 6.26. The van der Waals surface area contributed by atoms with E-state index in [1.807, 2.05) is 18.2 Å². The van der Waals surface area contributed by atoms with Crippen LogP contribution < -0.4 is 5.32 Å². The Hall–Kier alpha value is -1.88. The van der Waals surface area contributed by atoms with Crippen LogP contribution >= 0.6 is 0 Å². The van der Waals surface area contributed by atoms with Crippen LogP contribution in [0.4, 0.5) is 5.69 Å². The fourth-order valence-electron chi connectivity index (χ4n) is 2.61. The van der Waals surface area contributed by atoms with Crippen molar-refractivity contribution in [1.82, 2.24) is 9.97 Å². The second-order valence-corrected chi connectivity index (χ2v) is 5.51. The highest BCUT2D eigenvalue weighted by Gasteiger charge is 2.21. The van der Waals surface area contributed by atoms with Crippen LogP contribution in [0.3, 0.4) is 0 Å². The standard InChI is InChI=1S/C16H21N3O2/c1-2-3-6-15(20)17-11-7-8-12-13(10-11)19-16(18-12)14-5-4-9-21-14/h7-8,10,14H,2-6,9H2,1H3,(H,17,20)(H,18,19)/t14-/m1/s1. The van der Waals surface area contributed by atoms with E-state index < -0.39 is 0 Å². The van der Waals surface area contributed by atoms with Gasteiger partial charge in [0.1, 0.15) is 11.9 Å². The monoisotopic (exact) mass is 287 g/mol. The van der Waals surface area contributed by atoms with Gasteiger partial charge in [-0.15, -0.1) is 0 Å². The lowest BCUT2D eigenvalue weighted by Gasteiger charge is -2.04. The van der Waals surface area contributed by atoms with Crippen molar-refractivity contribution >= 4 is 22.6 Å². The zero-order chi connectivity index (χ0) is 14.7. The number of ether oxygens (including phenoxy) is 1. The van der Waals surface area contributed by atoms with E-state index in [4.69, 9.17) is 4.74 Å². The molecule has 1 aliphatic rings. The number of nitrogens with zero attached hydrogens (tertiary/aromatic N) is 1. The van der Waals surface area contributed by atoms with Crippen LogP contribution in [0.1, 0.15) is 51.0 Å². The van der Waals surface area contributed by atoms with Crippen molar-refractivity contribution in [3.8, 4) is 0 Å². The number of rotatable bonds is 5. The van der Waals surface area contributed by atoms with Crippen LogP contribution in [0.2, 0.25) is 0 Å². The number of unbranched alkanes of at least 4 members (excludes halogenated alkanes) is 1. The van der Waals surface area contributed by atoms with E-state index in [1.54, 1.807) is 0 Å². The molecule has 0 unspecified atom stereocenters. The van der Waals surface area contributed by atoms with Crippen LogP contribution in [0.15, 0.2) is 18.2 Å². The first-order valence-corrected chi connectivity index (χ1v) is 7.67. The van der Waals surface area contributed by atoms with Crippen molar-refractivity contribution in [3.05, 3.63) is 24.0 Å². The summed E-state index contributed by atoms with van der Waals surface area (Å²) in [5.74, 6) is 0.951. The van der Waals surface area contributed by atoms with E-state index in [2.05, 4.69) is 22.2 Å². The number of imidazole rings is 1. The van der Waals surface area contributed by atoms with Crippen molar-refractivity contribution in [2.75, 3.05) is 11.9 Å². The predicted molar refractivity (Wildman–Crippen MR) is 82.2 cm³/mol. The molecule has 5 nitrogen and oxygen atoms in total. The topological polar surface area (TPSA) is 67.0 Å². The molecule has 3 rings (SSSR count). The molecule has 1 aromatic heterocycles. The number of carbonyl (C=O) groups is 1. The summed E-state index contributed by atoms with van der Waals surface area (Å²) in [7, 11) is 0. The number of carbonyl (C=O) groups excluding carboxylic acids is 1. The van der Waals surface area contributed by atoms with Gasteiger partial charge in [-0.2, -0.15) is 0 Å². The summed E-state index contributed by atoms with van der Waals surface area (Å²) in [6, 6.07) is 5.76. The van der Waals surface area contributed by atoms with Gasteiger partial charge < -0.3 is 15.0 Å². The second-order valence-electron chi connectivity index (χ2n) is 5.51. The highest BCUT2D eigenvalue weighted by atomic mass is 16.5. The third-order valence-electron chi connectivity index (χ3n) is 3.78. The Balaban J connectivity index is 1.75. The molecule has 0 bridgehead atoms. The van der Waals surface area contributed by atoms with Gasteiger partial charge in [0.2, 0.25) is 5.91 Å². The molecule has 0 spiro atoms. The van der Waals surface area contributed by atoms with Gasteiger partial charge in [-0.1, -0.05) is 13.3 Å². The number of aromatic nitrogens is 2. The summed E-state index contributed by atoms with van der Waals surface area (Å²) in [4.78, 5) is 19.6. The molecule has 5 heteroatoms. The Morgan fingerprint density at radius 2 is 2.43 bits per heavy atom. The number of amides is 1. The maximum atomic E-state index is 11.8. The maximum absolute atomic E-state index is 11.8. The van der Waals surface area contributed by atoms with Crippen LogP contribution in [0.5, 0.6) is 0 Å². The Morgan fingerprint density at radius 1 is 1.52 bits per heavy atom. The summed E-state index contributed by atoms with van der Waals surface area (Å²) in [5.41, 5.74) is 2.66. The van der Waals surface area contributed by atoms with Crippen LogP contribution in [0.25, 0.3) is 11.0 Å². The van der Waals surface area contributed by atoms with Gasteiger partial charge in [0, 0.05) is 18.7 Å². The zero-order valence-electron chi connectivity index (χ0n) is 12.3. The van der Waals surface area contributed by atoms with E-state index in [0.29, 0.717) is 6.42 Å². The van der Waals surface area contributed by atoms with E-state index in [-0.39, 0.29) is 12.0 Å². The summed E-state index contributed by atoms with van der Waals surface area (Å²) in [6.07, 6.45) is 4.69. The number of hydrogen-bond donors (Lipinski definition) is 2. The molecule has 1 atom stereocenters. The molecule has 1 fully saturated rings. The van der Waals surface area contributed by atoms with Gasteiger partial charge in [0.15, 0.2) is 0 Å². The van der Waals surface area contributed by atoms with Crippen molar-refractivity contribution in [1.29, 1.82) is 0 Å². The molecule has 2 heterocycles. The number of anilines is 1. The zero-order valence-corrected chi connectivity index (χ0v) is 12.3. The molecule has 1 aromatic carbocycles. The first-order chi connectivity index (χ1) is 10.3. The first kappa shape index (κ1) is 14.1. The third-order valence-corrected chi connectivity index (χ3v) is 3.78. The SMILES string of the molecule is CCCCC(=O)Nc1ccc2nc([C@H]3CCCO3)[nH]c2c1. The molecular weight excluding hydrogens is 266 g/mol. The van der Waals surface area contributed by atoms with E-state index in [1.165, 1.54) is 0 Å². The Bertz CT molecular complexity index is 629. The van der Waals surface area contributed by atoms with Gasteiger partial charge in [-0.25, -0.2) is 4.98 Å². The lowest BCUT2D eigenvalue weighted by Crippen LogP contribution is -2.10. The number of benzene rings is 1. The van der Waals surface area contributed by atoms with Crippen LogP contribution in [0, 0.1) is 0 Å². The smallest absolute Gasteiger partial charge is 0.224 e. The molecule has 1 amide bonds. The van der Waals surface area contributed by atoms with Gasteiger partial charge in [0.05, 0.1) is 11.0 Å². The predicted octanol–water partition coefficient (Wildman–Crippen LogP) is 3.54. The minimum atomic E-state index is 0.0649. The highest BCUT2D eigenvalue weighted by Crippen LogP contribution is 2.28. The Morgan fingerprint density at radius 3 is 3.19 bits per heavy atom. The largest absolute Gasteiger partial charge is 0.370 e. The number of hydrogen-bond acceptors (Lipinski definition) is 3. The molecule has 2 aromatic rings. The average molecular weight is 287 g/mol. The summed E-state index contributed by atoms with van der Waals surface area (Å²) >= 11 is 0. The van der Waals surface area contributed by atoms with Crippen molar-refractivity contribution in [2.45, 2.75) is 45.1 Å². The summed E-state index contributed by atoms with van der Waals surface area (Å²) < 4.78 is 5.64. The molecule has 0 radical (unpaired) electrons. The summed E-state index contributed by atoms with van der Waals surface area (Å²) in [5, 5.41) is 2.93. The van der Waals surface area contributed by atoms with Gasteiger partial charge in [-0.3, -0.25) is 4.79 Å². The van der Waals surface area contributed by atoms with Gasteiger partial charge in [-0.05, 0) is 37.5 Å². The molecular formula is C16H21N3O2. The Labute approximate surface area is 124 Å². The summed E-state index contributed by atoms with van der Waals surface area (Å²) in [6.45, 7) is 2.89. The van der Waals surface area contributed by atoms with E-state index in [9.17, 15) is 4.79 Å². The number of nitrogens with one attached hydrogen (secondary N) is 2. The van der Waals surface area contributed by atoms with Crippen molar-refractivity contribution in [2.24, 2.45) is 0 Å². The molecule has 1 saturated heterocycles. The number of aromatic amines is 1. The molecule has 1 aliphatic heterocycles. The lowest BCUT2D eigenvalue weighted by molar-refractivity contribution is -0.116. The van der Waals surface area contributed by atoms with Crippen molar-refractivity contribution < 1.29 is 9.53 Å². The molecule has 0 aliphatic carbocycles. The van der Waals surface area contributed by atoms with Crippen LogP contribution in [-0.2, 0) is 9.53 Å². The highest BCUT2D eigenvalue weighted by molar-refractivity contribution is 5.93. The fraction of sp³-hybridized carbons (Fsp3) is 0.500. The maximum Gasteiger partial charge on any atom is 0.224 e. The molecule has 2 N–H and O–H groups in total. The number of H-pyrrole nitrogens is 1. The first-order valence-electron chi connectivity index (χ1n) is 7.67. The van der Waals surface area contributed by atoms with Gasteiger partial charge >= 0.3 is 0 Å². The Kier molecular flexibility index (Phi) is 4.20. The van der Waals surface area contributed by atoms with E-state index >= 15 is 0 Å². The molecule has 112 valence electrons. The minimum absolute atomic E-state index is 0.0649. The molecule has 21 heavy (non-hydrogen) atoms. The quantitative estimate of drug-likeness (QED) is 0.883. The van der Waals surface area contributed by atoms with Crippen LogP contribution in [-0.4, -0.2) is 22.5 Å². The number of fused-ring (bicyclic) bond motifs is 1. The van der Waals surface area contributed by atoms with E-state index in [0.717, 1.165) is 54.8 Å². The fourth-order valence-corrected chi connectivity index (χ4v) is 2.61. The molecule has 0 saturated carbocycles. The van der Waals surface area contributed by atoms with Crippen molar-refractivity contribution in [3.63, 3.8) is 0 Å². The minimum Gasteiger partial charge on any atom is -0.370 e. The average Bonchev–Trinajstić information content (AvgIpc) is 3.13. The third kappa shape index (κ3) is 3.24. The normalized spacial score (nSPS) is 18.2. The van der Waals surface area contributed by atoms with Gasteiger partial charge in [0.25, 0.3) is 0 Å². The lowest BCUT2D eigenvalue weighted by atomic mass is 10.2.